The van der Waals surface area contributed by atoms with Crippen molar-refractivity contribution >= 4 is 23.6 Å². The SMILES string of the molecule is NC(=O)Cc1ccccc1CCc1nc(Nc2ccc(CN3CCN(C(=O)O)CC3)cc2)ncc1C(F)(F)F. The lowest BCUT2D eigenvalue weighted by Gasteiger charge is -2.33. The van der Waals surface area contributed by atoms with E-state index in [-0.39, 0.29) is 30.9 Å². The van der Waals surface area contributed by atoms with Crippen LogP contribution in [-0.4, -0.2) is 63.1 Å². The monoisotopic (exact) mass is 542 g/mol. The molecule has 4 rings (SSSR count). The van der Waals surface area contributed by atoms with E-state index in [1.54, 1.807) is 36.4 Å². The summed E-state index contributed by atoms with van der Waals surface area (Å²) in [5.74, 6) is -0.473. The van der Waals surface area contributed by atoms with Gasteiger partial charge in [-0.05, 0) is 41.7 Å². The van der Waals surface area contributed by atoms with Crippen LogP contribution >= 0.6 is 0 Å². The van der Waals surface area contributed by atoms with E-state index in [4.69, 9.17) is 10.8 Å². The summed E-state index contributed by atoms with van der Waals surface area (Å²) >= 11 is 0. The van der Waals surface area contributed by atoms with Gasteiger partial charge in [-0.3, -0.25) is 9.69 Å². The molecule has 1 fully saturated rings. The normalized spacial score (nSPS) is 14.3. The van der Waals surface area contributed by atoms with E-state index in [2.05, 4.69) is 20.2 Å². The summed E-state index contributed by atoms with van der Waals surface area (Å²) < 4.78 is 41.1. The zero-order valence-electron chi connectivity index (χ0n) is 21.1. The number of amides is 2. The van der Waals surface area contributed by atoms with Crippen molar-refractivity contribution in [3.05, 3.63) is 82.7 Å². The largest absolute Gasteiger partial charge is 0.465 e. The fourth-order valence-electron chi connectivity index (χ4n) is 4.50. The Balaban J connectivity index is 1.43. The molecule has 206 valence electrons. The van der Waals surface area contributed by atoms with E-state index in [0.29, 0.717) is 44.0 Å². The first-order valence-corrected chi connectivity index (χ1v) is 12.4. The highest BCUT2D eigenvalue weighted by molar-refractivity contribution is 5.77. The second-order valence-electron chi connectivity index (χ2n) is 9.33. The minimum absolute atomic E-state index is 0.00407. The van der Waals surface area contributed by atoms with Gasteiger partial charge in [-0.1, -0.05) is 36.4 Å². The number of carboxylic acid groups (broad SMARTS) is 1. The quantitative estimate of drug-likeness (QED) is 0.375. The molecule has 39 heavy (non-hydrogen) atoms. The molecule has 0 atom stereocenters. The van der Waals surface area contributed by atoms with Crippen LogP contribution in [0.25, 0.3) is 0 Å². The number of halogens is 3. The van der Waals surface area contributed by atoms with Crippen molar-refractivity contribution in [2.45, 2.75) is 32.0 Å². The smallest absolute Gasteiger partial charge is 0.419 e. The maximum Gasteiger partial charge on any atom is 0.419 e. The van der Waals surface area contributed by atoms with Gasteiger partial charge in [0.05, 0.1) is 17.7 Å². The molecular weight excluding hydrogens is 513 g/mol. The van der Waals surface area contributed by atoms with Crippen LogP contribution in [0.3, 0.4) is 0 Å². The van der Waals surface area contributed by atoms with Crippen molar-refractivity contribution < 1.29 is 27.9 Å². The van der Waals surface area contributed by atoms with Crippen molar-refractivity contribution in [1.82, 2.24) is 19.8 Å². The predicted octanol–water partition coefficient (Wildman–Crippen LogP) is 3.85. The van der Waals surface area contributed by atoms with E-state index < -0.39 is 23.7 Å². The van der Waals surface area contributed by atoms with Crippen LogP contribution in [0.4, 0.5) is 29.6 Å². The number of carbonyl (C=O) groups is 2. The van der Waals surface area contributed by atoms with E-state index in [1.807, 2.05) is 12.1 Å². The lowest BCUT2D eigenvalue weighted by Crippen LogP contribution is -2.47. The van der Waals surface area contributed by atoms with Crippen LogP contribution < -0.4 is 11.1 Å². The number of nitrogens with two attached hydrogens (primary N) is 1. The number of rotatable bonds is 9. The molecule has 2 aromatic carbocycles. The molecule has 1 aromatic heterocycles. The van der Waals surface area contributed by atoms with Gasteiger partial charge >= 0.3 is 12.3 Å². The number of hydrogen-bond acceptors (Lipinski definition) is 6. The Morgan fingerprint density at radius 2 is 1.64 bits per heavy atom. The molecular formula is C27H29F3N6O3. The third-order valence-electron chi connectivity index (χ3n) is 6.55. The van der Waals surface area contributed by atoms with E-state index in [9.17, 15) is 22.8 Å². The number of carbonyl (C=O) groups excluding carboxylic acids is 1. The number of primary amides is 1. The first-order chi connectivity index (χ1) is 18.6. The average molecular weight is 543 g/mol. The third kappa shape index (κ3) is 7.66. The molecule has 2 amide bonds. The van der Waals surface area contributed by atoms with Crippen molar-refractivity contribution in [1.29, 1.82) is 0 Å². The minimum Gasteiger partial charge on any atom is -0.465 e. The minimum atomic E-state index is -4.61. The number of hydrogen-bond donors (Lipinski definition) is 3. The summed E-state index contributed by atoms with van der Waals surface area (Å²) in [7, 11) is 0. The summed E-state index contributed by atoms with van der Waals surface area (Å²) in [6, 6.07) is 14.4. The summed E-state index contributed by atoms with van der Waals surface area (Å²) in [6.07, 6.45) is -4.49. The number of piperazine rings is 1. The van der Waals surface area contributed by atoms with Crippen molar-refractivity contribution in [2.24, 2.45) is 5.73 Å². The first-order valence-electron chi connectivity index (χ1n) is 12.4. The zero-order valence-corrected chi connectivity index (χ0v) is 21.1. The number of nitrogens with zero attached hydrogens (tertiary/aromatic N) is 4. The van der Waals surface area contributed by atoms with Crippen LogP contribution in [0.1, 0.15) is 27.9 Å². The van der Waals surface area contributed by atoms with E-state index in [0.717, 1.165) is 17.3 Å². The molecule has 0 spiro atoms. The lowest BCUT2D eigenvalue weighted by molar-refractivity contribution is -0.138. The van der Waals surface area contributed by atoms with Gasteiger partial charge in [-0.2, -0.15) is 13.2 Å². The van der Waals surface area contributed by atoms with Crippen LogP contribution in [0, 0.1) is 0 Å². The van der Waals surface area contributed by atoms with Gasteiger partial charge in [-0.15, -0.1) is 0 Å². The molecule has 0 radical (unpaired) electrons. The number of aromatic nitrogens is 2. The Bertz CT molecular complexity index is 1310. The Morgan fingerprint density at radius 1 is 0.974 bits per heavy atom. The number of anilines is 2. The summed E-state index contributed by atoms with van der Waals surface area (Å²) in [6.45, 7) is 2.85. The van der Waals surface area contributed by atoms with Gasteiger partial charge in [0.2, 0.25) is 11.9 Å². The number of aryl methyl sites for hydroxylation is 2. The molecule has 12 heteroatoms. The second kappa shape index (κ2) is 12.1. The maximum absolute atomic E-state index is 13.7. The second-order valence-corrected chi connectivity index (χ2v) is 9.33. The molecule has 0 saturated carbocycles. The fourth-order valence-corrected chi connectivity index (χ4v) is 4.50. The van der Waals surface area contributed by atoms with Gasteiger partial charge in [-0.25, -0.2) is 14.8 Å². The Labute approximate surface area is 223 Å². The molecule has 0 aliphatic carbocycles. The van der Waals surface area contributed by atoms with Crippen molar-refractivity contribution in [2.75, 3.05) is 31.5 Å². The number of alkyl halides is 3. The van der Waals surface area contributed by atoms with Crippen molar-refractivity contribution in [3.63, 3.8) is 0 Å². The highest BCUT2D eigenvalue weighted by atomic mass is 19.4. The van der Waals surface area contributed by atoms with Crippen LogP contribution in [0.15, 0.2) is 54.7 Å². The molecule has 1 saturated heterocycles. The average Bonchev–Trinajstić information content (AvgIpc) is 2.89. The topological polar surface area (TPSA) is 125 Å². The zero-order chi connectivity index (χ0) is 28.0. The van der Waals surface area contributed by atoms with Gasteiger partial charge in [0, 0.05) is 44.6 Å². The van der Waals surface area contributed by atoms with Gasteiger partial charge < -0.3 is 21.1 Å². The molecule has 1 aliphatic rings. The Kier molecular flexibility index (Phi) is 8.65. The molecule has 3 aromatic rings. The third-order valence-corrected chi connectivity index (χ3v) is 6.55. The van der Waals surface area contributed by atoms with Crippen LogP contribution in [-0.2, 0) is 36.8 Å². The fraction of sp³-hybridized carbons (Fsp3) is 0.333. The van der Waals surface area contributed by atoms with E-state index in [1.165, 1.54) is 4.90 Å². The van der Waals surface area contributed by atoms with Gasteiger partial charge in [0.25, 0.3) is 0 Å². The van der Waals surface area contributed by atoms with Crippen molar-refractivity contribution in [3.8, 4) is 0 Å². The van der Waals surface area contributed by atoms with Gasteiger partial charge in [0.1, 0.15) is 0 Å². The molecule has 4 N–H and O–H groups in total. The van der Waals surface area contributed by atoms with Crippen LogP contribution in [0.2, 0.25) is 0 Å². The molecule has 2 heterocycles. The molecule has 0 unspecified atom stereocenters. The number of nitrogens with one attached hydrogen (secondary N) is 1. The van der Waals surface area contributed by atoms with E-state index >= 15 is 0 Å². The summed E-state index contributed by atoms with van der Waals surface area (Å²) in [5.41, 5.74) is 7.30. The molecule has 1 aliphatic heterocycles. The number of benzene rings is 2. The standard InChI is InChI=1S/C27H29F3N6O3/c28-27(29,30)22-16-32-25(34-23(22)10-7-19-3-1-2-4-20(19)15-24(31)37)33-21-8-5-18(6-9-21)17-35-11-13-36(14-12-35)26(38)39/h1-6,8-9,16H,7,10-15,17H2,(H2,31,37)(H,38,39)(H,32,33,34). The maximum atomic E-state index is 13.7. The highest BCUT2D eigenvalue weighted by Crippen LogP contribution is 2.32. The molecule has 0 bridgehead atoms. The van der Waals surface area contributed by atoms with Gasteiger partial charge in [0.15, 0.2) is 0 Å². The first kappa shape index (κ1) is 27.8. The summed E-state index contributed by atoms with van der Waals surface area (Å²) in [4.78, 5) is 34.1. The highest BCUT2D eigenvalue weighted by Gasteiger charge is 2.35. The summed E-state index contributed by atoms with van der Waals surface area (Å²) in [5, 5.41) is 12.1. The lowest BCUT2D eigenvalue weighted by atomic mass is 9.98. The predicted molar refractivity (Wildman–Crippen MR) is 138 cm³/mol. The Morgan fingerprint density at radius 3 is 2.26 bits per heavy atom. The Hall–Kier alpha value is -4.19. The van der Waals surface area contributed by atoms with Crippen LogP contribution in [0.5, 0.6) is 0 Å². The molecule has 9 nitrogen and oxygen atoms in total.